The Balaban J connectivity index is 1.90. The Morgan fingerprint density at radius 3 is 3.11 bits per heavy atom. The van der Waals surface area contributed by atoms with Crippen LogP contribution in [0.3, 0.4) is 0 Å². The van der Waals surface area contributed by atoms with Gasteiger partial charge >= 0.3 is 0 Å². The van der Waals surface area contributed by atoms with E-state index >= 15 is 0 Å². The van der Waals surface area contributed by atoms with Crippen LogP contribution in [0.15, 0.2) is 35.0 Å². The Morgan fingerprint density at radius 2 is 2.33 bits per heavy atom. The van der Waals surface area contributed by atoms with Gasteiger partial charge in [0.05, 0.1) is 6.61 Å². The third kappa shape index (κ3) is 2.16. The molecule has 0 fully saturated rings. The van der Waals surface area contributed by atoms with Gasteiger partial charge in [0.1, 0.15) is 5.75 Å². The molecule has 1 aromatic carbocycles. The Bertz CT molecular complexity index is 521. The molecule has 0 spiro atoms. The van der Waals surface area contributed by atoms with Crippen molar-refractivity contribution in [2.24, 2.45) is 0 Å². The summed E-state index contributed by atoms with van der Waals surface area (Å²) in [6.45, 7) is 0.821. The van der Waals surface area contributed by atoms with Crippen molar-refractivity contribution in [3.05, 3.63) is 51.7 Å². The molecule has 0 bridgehead atoms. The first-order valence-electron chi connectivity index (χ1n) is 6.31. The summed E-state index contributed by atoms with van der Waals surface area (Å²) in [6, 6.07) is 9.01. The highest BCUT2D eigenvalue weighted by molar-refractivity contribution is 7.07. The van der Waals surface area contributed by atoms with Gasteiger partial charge in [-0.2, -0.15) is 11.3 Å². The second-order valence-electron chi connectivity index (χ2n) is 4.61. The Hall–Kier alpha value is -1.32. The first-order valence-corrected chi connectivity index (χ1v) is 7.25. The van der Waals surface area contributed by atoms with Gasteiger partial charge in [-0.1, -0.05) is 18.2 Å². The van der Waals surface area contributed by atoms with Gasteiger partial charge in [-0.15, -0.1) is 0 Å². The first kappa shape index (κ1) is 11.8. The first-order chi connectivity index (χ1) is 8.88. The molecule has 1 aliphatic heterocycles. The van der Waals surface area contributed by atoms with Gasteiger partial charge in [0.15, 0.2) is 0 Å². The Labute approximate surface area is 112 Å². The fraction of sp³-hybridized carbons (Fsp3) is 0.333. The molecule has 0 saturated heterocycles. The minimum Gasteiger partial charge on any atom is -0.493 e. The van der Waals surface area contributed by atoms with Crippen LogP contribution in [0.4, 0.5) is 0 Å². The number of likely N-dealkylation sites (N-methyl/N-ethyl adjacent to an activating group) is 1. The summed E-state index contributed by atoms with van der Waals surface area (Å²) in [4.78, 5) is 0. The van der Waals surface area contributed by atoms with Gasteiger partial charge in [0.25, 0.3) is 0 Å². The molecule has 0 aliphatic carbocycles. The van der Waals surface area contributed by atoms with E-state index in [9.17, 15) is 0 Å². The Kier molecular flexibility index (Phi) is 3.35. The molecule has 3 rings (SSSR count). The lowest BCUT2D eigenvalue weighted by molar-refractivity contribution is 0.349. The number of thiophene rings is 1. The fourth-order valence-corrected chi connectivity index (χ4v) is 3.21. The van der Waals surface area contributed by atoms with Gasteiger partial charge in [0, 0.05) is 18.0 Å². The topological polar surface area (TPSA) is 21.3 Å². The maximum atomic E-state index is 5.79. The Morgan fingerprint density at radius 1 is 1.39 bits per heavy atom. The molecule has 1 unspecified atom stereocenters. The van der Waals surface area contributed by atoms with E-state index in [4.69, 9.17) is 4.74 Å². The standard InChI is InChI=1S/C15H17NOS/c1-16-14(9-11-6-8-18-10-11)13-4-2-3-12-5-7-17-15(12)13/h2-4,6,8,10,14,16H,5,7,9H2,1H3. The molecule has 0 saturated carbocycles. The molecular formula is C15H17NOS. The third-order valence-electron chi connectivity index (χ3n) is 3.49. The van der Waals surface area contributed by atoms with Crippen molar-refractivity contribution < 1.29 is 4.74 Å². The monoisotopic (exact) mass is 259 g/mol. The highest BCUT2D eigenvalue weighted by Crippen LogP contribution is 2.34. The summed E-state index contributed by atoms with van der Waals surface area (Å²) in [5, 5.41) is 7.76. The minimum atomic E-state index is 0.327. The number of rotatable bonds is 4. The largest absolute Gasteiger partial charge is 0.493 e. The van der Waals surface area contributed by atoms with Crippen molar-refractivity contribution >= 4 is 11.3 Å². The lowest BCUT2D eigenvalue weighted by Crippen LogP contribution is -2.19. The maximum absolute atomic E-state index is 5.79. The lowest BCUT2D eigenvalue weighted by atomic mass is 9.97. The normalized spacial score (nSPS) is 15.2. The summed E-state index contributed by atoms with van der Waals surface area (Å²) in [7, 11) is 2.02. The van der Waals surface area contributed by atoms with Crippen molar-refractivity contribution in [2.45, 2.75) is 18.9 Å². The van der Waals surface area contributed by atoms with E-state index in [0.29, 0.717) is 6.04 Å². The average molecular weight is 259 g/mol. The van der Waals surface area contributed by atoms with Crippen LogP contribution in [-0.4, -0.2) is 13.7 Å². The van der Waals surface area contributed by atoms with Crippen LogP contribution in [0.25, 0.3) is 0 Å². The summed E-state index contributed by atoms with van der Waals surface area (Å²) >= 11 is 1.75. The van der Waals surface area contributed by atoms with Crippen LogP contribution in [0.5, 0.6) is 5.75 Å². The van der Waals surface area contributed by atoms with Crippen LogP contribution in [-0.2, 0) is 12.8 Å². The molecule has 2 aromatic rings. The second-order valence-corrected chi connectivity index (χ2v) is 5.39. The molecule has 94 valence electrons. The smallest absolute Gasteiger partial charge is 0.127 e. The summed E-state index contributed by atoms with van der Waals surface area (Å²) in [5.74, 6) is 1.10. The van der Waals surface area contributed by atoms with Crippen LogP contribution in [0.2, 0.25) is 0 Å². The maximum Gasteiger partial charge on any atom is 0.127 e. The number of ether oxygens (including phenoxy) is 1. The number of para-hydroxylation sites is 1. The molecule has 0 radical (unpaired) electrons. The molecule has 3 heteroatoms. The number of nitrogens with one attached hydrogen (secondary N) is 1. The predicted molar refractivity (Wildman–Crippen MR) is 75.5 cm³/mol. The van der Waals surface area contributed by atoms with Crippen molar-refractivity contribution in [3.8, 4) is 5.75 Å². The average Bonchev–Trinajstić information content (AvgIpc) is 3.06. The quantitative estimate of drug-likeness (QED) is 0.910. The molecule has 2 heterocycles. The van der Waals surface area contributed by atoms with Gasteiger partial charge in [-0.3, -0.25) is 0 Å². The summed E-state index contributed by atoms with van der Waals surface area (Å²) < 4.78 is 5.79. The van der Waals surface area contributed by atoms with Crippen molar-refractivity contribution in [3.63, 3.8) is 0 Å². The van der Waals surface area contributed by atoms with Gasteiger partial charge in [0.2, 0.25) is 0 Å². The molecule has 1 aromatic heterocycles. The molecule has 1 atom stereocenters. The van der Waals surface area contributed by atoms with Crippen molar-refractivity contribution in [2.75, 3.05) is 13.7 Å². The van der Waals surface area contributed by atoms with Crippen molar-refractivity contribution in [1.29, 1.82) is 0 Å². The van der Waals surface area contributed by atoms with Crippen LogP contribution < -0.4 is 10.1 Å². The number of hydrogen-bond acceptors (Lipinski definition) is 3. The van der Waals surface area contributed by atoms with E-state index < -0.39 is 0 Å². The van der Waals surface area contributed by atoms with Gasteiger partial charge < -0.3 is 10.1 Å². The molecule has 1 N–H and O–H groups in total. The van der Waals surface area contributed by atoms with E-state index in [-0.39, 0.29) is 0 Å². The molecule has 2 nitrogen and oxygen atoms in total. The summed E-state index contributed by atoms with van der Waals surface area (Å²) in [5.41, 5.74) is 4.02. The van der Waals surface area contributed by atoms with Crippen molar-refractivity contribution in [1.82, 2.24) is 5.32 Å². The zero-order valence-corrected chi connectivity index (χ0v) is 11.3. The van der Waals surface area contributed by atoms with Crippen LogP contribution in [0, 0.1) is 0 Å². The van der Waals surface area contributed by atoms with Gasteiger partial charge in [-0.05, 0) is 41.4 Å². The van der Waals surface area contributed by atoms with Gasteiger partial charge in [-0.25, -0.2) is 0 Å². The molecule has 18 heavy (non-hydrogen) atoms. The zero-order valence-electron chi connectivity index (χ0n) is 10.5. The highest BCUT2D eigenvalue weighted by Gasteiger charge is 2.21. The zero-order chi connectivity index (χ0) is 12.4. The highest BCUT2D eigenvalue weighted by atomic mass is 32.1. The lowest BCUT2D eigenvalue weighted by Gasteiger charge is -2.18. The van der Waals surface area contributed by atoms with E-state index in [0.717, 1.165) is 25.2 Å². The third-order valence-corrected chi connectivity index (χ3v) is 4.22. The minimum absolute atomic E-state index is 0.327. The molecule has 1 aliphatic rings. The van der Waals surface area contributed by atoms with E-state index in [1.807, 2.05) is 7.05 Å². The number of fused-ring (bicyclic) bond motifs is 1. The molecular weight excluding hydrogens is 242 g/mol. The van der Waals surface area contributed by atoms with E-state index in [1.54, 1.807) is 11.3 Å². The van der Waals surface area contributed by atoms with E-state index in [1.165, 1.54) is 16.7 Å². The summed E-state index contributed by atoms with van der Waals surface area (Å²) in [6.07, 6.45) is 2.05. The van der Waals surface area contributed by atoms with E-state index in [2.05, 4.69) is 40.3 Å². The number of hydrogen-bond donors (Lipinski definition) is 1. The van der Waals surface area contributed by atoms with Crippen LogP contribution in [0.1, 0.15) is 22.7 Å². The SMILES string of the molecule is CNC(Cc1ccsc1)c1cccc2c1OCC2. The molecule has 0 amide bonds. The predicted octanol–water partition coefficient (Wildman–Crippen LogP) is 3.19. The van der Waals surface area contributed by atoms with Crippen LogP contribution >= 0.6 is 11.3 Å². The second kappa shape index (κ2) is 5.12. The fourth-order valence-electron chi connectivity index (χ4n) is 2.53. The number of benzene rings is 1.